The van der Waals surface area contributed by atoms with E-state index in [0.717, 1.165) is 21.7 Å². The van der Waals surface area contributed by atoms with Gasteiger partial charge in [-0.3, -0.25) is 0 Å². The van der Waals surface area contributed by atoms with Crippen LogP contribution >= 0.6 is 15.9 Å². The van der Waals surface area contributed by atoms with E-state index >= 15 is 0 Å². The van der Waals surface area contributed by atoms with Crippen LogP contribution in [-0.2, 0) is 0 Å². The van der Waals surface area contributed by atoms with Crippen LogP contribution in [0.2, 0.25) is 0 Å². The van der Waals surface area contributed by atoms with Crippen molar-refractivity contribution in [1.82, 2.24) is 5.32 Å². The predicted octanol–water partition coefficient (Wildman–Crippen LogP) is 4.77. The van der Waals surface area contributed by atoms with Gasteiger partial charge in [-0.25, -0.2) is 0 Å². The van der Waals surface area contributed by atoms with E-state index in [2.05, 4.69) is 47.2 Å². The molecule has 1 aromatic carbocycles. The lowest BCUT2D eigenvalue weighted by atomic mass is 10.1. The molecular formula is C16H20BrNO2. The highest BCUT2D eigenvalue weighted by atomic mass is 79.9. The van der Waals surface area contributed by atoms with Gasteiger partial charge in [-0.05, 0) is 66.5 Å². The standard InChI is InChI=1S/C16H20BrNO2/c1-10-5-7-15(20-10)12(3)18-11(2)13-6-8-16(19-4)14(17)9-13/h5-9,11-12,18H,1-4H3. The van der Waals surface area contributed by atoms with Crippen LogP contribution in [0.25, 0.3) is 0 Å². The van der Waals surface area contributed by atoms with Crippen molar-refractivity contribution in [2.75, 3.05) is 7.11 Å². The molecule has 2 aromatic rings. The Morgan fingerprint density at radius 1 is 1.15 bits per heavy atom. The topological polar surface area (TPSA) is 34.4 Å². The van der Waals surface area contributed by atoms with Gasteiger partial charge in [-0.1, -0.05) is 6.07 Å². The summed E-state index contributed by atoms with van der Waals surface area (Å²) in [7, 11) is 1.67. The minimum Gasteiger partial charge on any atom is -0.496 e. The molecule has 108 valence electrons. The fourth-order valence-electron chi connectivity index (χ4n) is 2.19. The zero-order chi connectivity index (χ0) is 14.7. The molecule has 0 spiro atoms. The summed E-state index contributed by atoms with van der Waals surface area (Å²) in [6.45, 7) is 6.20. The van der Waals surface area contributed by atoms with E-state index in [9.17, 15) is 0 Å². The van der Waals surface area contributed by atoms with Crippen molar-refractivity contribution in [3.63, 3.8) is 0 Å². The molecule has 0 fully saturated rings. The van der Waals surface area contributed by atoms with Gasteiger partial charge in [0.2, 0.25) is 0 Å². The van der Waals surface area contributed by atoms with Crippen molar-refractivity contribution in [1.29, 1.82) is 0 Å². The predicted molar refractivity (Wildman–Crippen MR) is 84.1 cm³/mol. The minimum atomic E-state index is 0.166. The number of ether oxygens (including phenoxy) is 1. The Morgan fingerprint density at radius 3 is 2.45 bits per heavy atom. The highest BCUT2D eigenvalue weighted by Crippen LogP contribution is 2.29. The number of benzene rings is 1. The summed E-state index contributed by atoms with van der Waals surface area (Å²) in [6.07, 6.45) is 0. The number of furan rings is 1. The molecule has 0 saturated heterocycles. The van der Waals surface area contributed by atoms with Gasteiger partial charge in [0.05, 0.1) is 17.6 Å². The molecule has 4 heteroatoms. The second-order valence-electron chi connectivity index (χ2n) is 4.95. The molecule has 1 N–H and O–H groups in total. The number of nitrogens with one attached hydrogen (secondary N) is 1. The van der Waals surface area contributed by atoms with Crippen LogP contribution in [0.4, 0.5) is 0 Å². The minimum absolute atomic E-state index is 0.166. The largest absolute Gasteiger partial charge is 0.496 e. The normalized spacial score (nSPS) is 14.1. The zero-order valence-electron chi connectivity index (χ0n) is 12.2. The molecule has 3 nitrogen and oxygen atoms in total. The molecule has 0 saturated carbocycles. The summed E-state index contributed by atoms with van der Waals surface area (Å²) in [5.41, 5.74) is 1.20. The summed E-state index contributed by atoms with van der Waals surface area (Å²) >= 11 is 3.52. The lowest BCUT2D eigenvalue weighted by Gasteiger charge is -2.19. The van der Waals surface area contributed by atoms with E-state index in [-0.39, 0.29) is 12.1 Å². The molecule has 2 atom stereocenters. The molecule has 0 aliphatic heterocycles. The molecular weight excluding hydrogens is 318 g/mol. The van der Waals surface area contributed by atoms with Crippen LogP contribution in [0.1, 0.15) is 43.0 Å². The van der Waals surface area contributed by atoms with Gasteiger partial charge in [0, 0.05) is 6.04 Å². The maximum Gasteiger partial charge on any atom is 0.133 e. The number of halogens is 1. The van der Waals surface area contributed by atoms with Crippen LogP contribution in [0.5, 0.6) is 5.75 Å². The van der Waals surface area contributed by atoms with Gasteiger partial charge in [-0.15, -0.1) is 0 Å². The first-order valence-corrected chi connectivity index (χ1v) is 7.46. The summed E-state index contributed by atoms with van der Waals surface area (Å²) < 4.78 is 11.9. The van der Waals surface area contributed by atoms with Gasteiger partial charge >= 0.3 is 0 Å². The first-order chi connectivity index (χ1) is 9.51. The lowest BCUT2D eigenvalue weighted by Crippen LogP contribution is -2.22. The fraction of sp³-hybridized carbons (Fsp3) is 0.375. The van der Waals surface area contributed by atoms with Gasteiger partial charge in [0.15, 0.2) is 0 Å². The molecule has 20 heavy (non-hydrogen) atoms. The molecule has 0 amide bonds. The highest BCUT2D eigenvalue weighted by Gasteiger charge is 2.14. The molecule has 0 aliphatic carbocycles. The maximum atomic E-state index is 5.65. The quantitative estimate of drug-likeness (QED) is 0.853. The number of methoxy groups -OCH3 is 1. The Balaban J connectivity index is 2.07. The molecule has 0 radical (unpaired) electrons. The smallest absolute Gasteiger partial charge is 0.133 e. The third-order valence-electron chi connectivity index (χ3n) is 3.36. The Labute approximate surface area is 128 Å². The monoisotopic (exact) mass is 337 g/mol. The van der Waals surface area contributed by atoms with E-state index in [1.165, 1.54) is 5.56 Å². The summed E-state index contributed by atoms with van der Waals surface area (Å²) in [5.74, 6) is 2.74. The first kappa shape index (κ1) is 15.1. The van der Waals surface area contributed by atoms with E-state index in [1.807, 2.05) is 25.1 Å². The van der Waals surface area contributed by atoms with Crippen LogP contribution in [0.3, 0.4) is 0 Å². The summed E-state index contributed by atoms with van der Waals surface area (Å²) in [4.78, 5) is 0. The van der Waals surface area contributed by atoms with E-state index < -0.39 is 0 Å². The third-order valence-corrected chi connectivity index (χ3v) is 3.98. The van der Waals surface area contributed by atoms with Crippen LogP contribution in [-0.4, -0.2) is 7.11 Å². The second kappa shape index (κ2) is 6.46. The molecule has 0 bridgehead atoms. The Hall–Kier alpha value is -1.26. The first-order valence-electron chi connectivity index (χ1n) is 6.67. The van der Waals surface area contributed by atoms with Crippen LogP contribution in [0.15, 0.2) is 39.2 Å². The van der Waals surface area contributed by atoms with Crippen molar-refractivity contribution in [2.24, 2.45) is 0 Å². The highest BCUT2D eigenvalue weighted by molar-refractivity contribution is 9.10. The van der Waals surface area contributed by atoms with Gasteiger partial charge in [-0.2, -0.15) is 0 Å². The zero-order valence-corrected chi connectivity index (χ0v) is 13.8. The maximum absolute atomic E-state index is 5.65. The van der Waals surface area contributed by atoms with Crippen molar-refractivity contribution in [2.45, 2.75) is 32.9 Å². The molecule has 0 aliphatic rings. The van der Waals surface area contributed by atoms with Gasteiger partial charge in [0.1, 0.15) is 17.3 Å². The van der Waals surface area contributed by atoms with Gasteiger partial charge < -0.3 is 14.5 Å². The number of rotatable bonds is 5. The summed E-state index contributed by atoms with van der Waals surface area (Å²) in [5, 5.41) is 3.54. The average molecular weight is 338 g/mol. The third kappa shape index (κ3) is 3.44. The Kier molecular flexibility index (Phi) is 4.89. The van der Waals surface area contributed by atoms with E-state index in [1.54, 1.807) is 7.11 Å². The summed E-state index contributed by atoms with van der Waals surface area (Å²) in [6, 6.07) is 10.5. The van der Waals surface area contributed by atoms with E-state index in [0.29, 0.717) is 0 Å². The van der Waals surface area contributed by atoms with Crippen molar-refractivity contribution >= 4 is 15.9 Å². The molecule has 1 heterocycles. The lowest BCUT2D eigenvalue weighted by molar-refractivity contribution is 0.391. The Bertz CT molecular complexity index is 580. The van der Waals surface area contributed by atoms with Crippen molar-refractivity contribution in [3.05, 3.63) is 51.9 Å². The van der Waals surface area contributed by atoms with Crippen LogP contribution in [0, 0.1) is 6.92 Å². The second-order valence-corrected chi connectivity index (χ2v) is 5.81. The molecule has 1 aromatic heterocycles. The van der Waals surface area contributed by atoms with E-state index in [4.69, 9.17) is 9.15 Å². The fourth-order valence-corrected chi connectivity index (χ4v) is 2.75. The Morgan fingerprint density at radius 2 is 1.90 bits per heavy atom. The van der Waals surface area contributed by atoms with Crippen molar-refractivity contribution in [3.8, 4) is 5.75 Å². The van der Waals surface area contributed by atoms with Crippen LogP contribution < -0.4 is 10.1 Å². The number of hydrogen-bond donors (Lipinski definition) is 1. The molecule has 2 rings (SSSR count). The number of hydrogen-bond acceptors (Lipinski definition) is 3. The SMILES string of the molecule is COc1ccc(C(C)NC(C)c2ccc(C)o2)cc1Br. The average Bonchev–Trinajstić information content (AvgIpc) is 2.85. The number of aryl methyl sites for hydroxylation is 1. The molecule has 2 unspecified atom stereocenters. The van der Waals surface area contributed by atoms with Crippen molar-refractivity contribution < 1.29 is 9.15 Å². The van der Waals surface area contributed by atoms with Gasteiger partial charge in [0.25, 0.3) is 0 Å².